The Morgan fingerprint density at radius 1 is 0.833 bits per heavy atom. The molecule has 1 aliphatic rings. The highest BCUT2D eigenvalue weighted by atomic mass is 35.5. The van der Waals surface area contributed by atoms with Crippen molar-refractivity contribution in [1.29, 1.82) is 0 Å². The van der Waals surface area contributed by atoms with Gasteiger partial charge < -0.3 is 5.32 Å². The fraction of sp³-hybridized carbons (Fsp3) is 0. The minimum atomic E-state index is -0.685. The van der Waals surface area contributed by atoms with Gasteiger partial charge in [0.05, 0.1) is 10.7 Å². The number of imide groups is 1. The lowest BCUT2D eigenvalue weighted by Gasteiger charge is -2.16. The Morgan fingerprint density at radius 3 is 2.25 bits per heavy atom. The zero-order valence-electron chi connectivity index (χ0n) is 11.8. The van der Waals surface area contributed by atoms with Crippen LogP contribution in [0.2, 0.25) is 15.1 Å². The van der Waals surface area contributed by atoms with Crippen LogP contribution < -0.4 is 10.2 Å². The lowest BCUT2D eigenvalue weighted by Crippen LogP contribution is -2.32. The topological polar surface area (TPSA) is 49.4 Å². The van der Waals surface area contributed by atoms with Crippen molar-refractivity contribution in [3.05, 3.63) is 68.3 Å². The number of rotatable bonds is 3. The lowest BCUT2D eigenvalue weighted by atomic mass is 10.3. The molecule has 2 aromatic rings. The van der Waals surface area contributed by atoms with Crippen molar-refractivity contribution in [3.8, 4) is 0 Å². The van der Waals surface area contributed by atoms with Gasteiger partial charge in [-0.05, 0) is 36.4 Å². The van der Waals surface area contributed by atoms with Crippen LogP contribution in [0.15, 0.2) is 53.2 Å². The van der Waals surface area contributed by atoms with Gasteiger partial charge in [-0.25, -0.2) is 4.90 Å². The van der Waals surface area contributed by atoms with E-state index in [4.69, 9.17) is 46.4 Å². The molecular formula is C16H8Cl4N2O2. The van der Waals surface area contributed by atoms with Crippen molar-refractivity contribution in [2.24, 2.45) is 0 Å². The highest BCUT2D eigenvalue weighted by Crippen LogP contribution is 2.35. The monoisotopic (exact) mass is 400 g/mol. The number of carbonyl (C=O) groups is 2. The van der Waals surface area contributed by atoms with E-state index in [9.17, 15) is 9.59 Å². The second-order valence-electron chi connectivity index (χ2n) is 4.87. The third-order valence-corrected chi connectivity index (χ3v) is 4.41. The normalized spacial score (nSPS) is 14.6. The summed E-state index contributed by atoms with van der Waals surface area (Å²) in [5.41, 5.74) is 0.635. The molecule has 0 radical (unpaired) electrons. The van der Waals surface area contributed by atoms with Gasteiger partial charge in [0.1, 0.15) is 10.7 Å². The molecule has 0 spiro atoms. The summed E-state index contributed by atoms with van der Waals surface area (Å²) >= 11 is 24.0. The molecule has 0 bridgehead atoms. The van der Waals surface area contributed by atoms with Crippen molar-refractivity contribution < 1.29 is 9.59 Å². The van der Waals surface area contributed by atoms with Gasteiger partial charge in [-0.15, -0.1) is 0 Å². The number of hydrogen-bond donors (Lipinski definition) is 1. The summed E-state index contributed by atoms with van der Waals surface area (Å²) in [6.45, 7) is 0. The van der Waals surface area contributed by atoms with Crippen LogP contribution in [0.3, 0.4) is 0 Å². The quantitative estimate of drug-likeness (QED) is 0.729. The number of nitrogens with zero attached hydrogens (tertiary/aromatic N) is 1. The molecule has 122 valence electrons. The molecule has 24 heavy (non-hydrogen) atoms. The molecule has 4 nitrogen and oxygen atoms in total. The zero-order valence-corrected chi connectivity index (χ0v) is 14.8. The molecule has 0 saturated heterocycles. The van der Waals surface area contributed by atoms with Crippen molar-refractivity contribution in [2.45, 2.75) is 0 Å². The van der Waals surface area contributed by atoms with E-state index in [1.807, 2.05) is 0 Å². The fourth-order valence-corrected chi connectivity index (χ4v) is 2.97. The van der Waals surface area contributed by atoms with Gasteiger partial charge in [-0.1, -0.05) is 52.5 Å². The molecule has 3 rings (SSSR count). The average molecular weight is 402 g/mol. The molecular weight excluding hydrogens is 394 g/mol. The first-order valence-corrected chi connectivity index (χ1v) is 8.16. The van der Waals surface area contributed by atoms with Crippen molar-refractivity contribution >= 4 is 69.6 Å². The number of nitrogens with one attached hydrogen (secondary N) is 1. The highest BCUT2D eigenvalue weighted by Gasteiger charge is 2.39. The number of amides is 2. The van der Waals surface area contributed by atoms with Gasteiger partial charge in [-0.2, -0.15) is 0 Å². The Morgan fingerprint density at radius 2 is 1.54 bits per heavy atom. The minimum absolute atomic E-state index is 0.0556. The number of carbonyl (C=O) groups excluding carboxylic acids is 2. The third-order valence-electron chi connectivity index (χ3n) is 3.27. The van der Waals surface area contributed by atoms with E-state index in [1.54, 1.807) is 30.3 Å². The van der Waals surface area contributed by atoms with Crippen molar-refractivity contribution in [3.63, 3.8) is 0 Å². The Balaban J connectivity index is 1.97. The molecule has 8 heteroatoms. The molecule has 1 heterocycles. The van der Waals surface area contributed by atoms with Crippen LogP contribution in [0.25, 0.3) is 0 Å². The summed E-state index contributed by atoms with van der Waals surface area (Å²) in [6, 6.07) is 11.1. The maximum absolute atomic E-state index is 12.6. The maximum Gasteiger partial charge on any atom is 0.283 e. The number of benzene rings is 2. The second kappa shape index (κ2) is 6.65. The van der Waals surface area contributed by atoms with E-state index in [0.29, 0.717) is 15.7 Å². The minimum Gasteiger partial charge on any atom is -0.350 e. The van der Waals surface area contributed by atoms with E-state index >= 15 is 0 Å². The van der Waals surface area contributed by atoms with Crippen molar-refractivity contribution in [1.82, 2.24) is 0 Å². The van der Waals surface area contributed by atoms with Gasteiger partial charge in [0.15, 0.2) is 0 Å². The van der Waals surface area contributed by atoms with Crippen LogP contribution in [0.4, 0.5) is 11.4 Å². The summed E-state index contributed by atoms with van der Waals surface area (Å²) in [6.07, 6.45) is 0. The predicted molar refractivity (Wildman–Crippen MR) is 96.9 cm³/mol. The fourth-order valence-electron chi connectivity index (χ4n) is 2.20. The summed E-state index contributed by atoms with van der Waals surface area (Å²) in [5, 5.41) is 3.59. The Bertz CT molecular complexity index is 895. The number of hydrogen-bond acceptors (Lipinski definition) is 3. The van der Waals surface area contributed by atoms with Crippen molar-refractivity contribution in [2.75, 3.05) is 10.2 Å². The first-order chi connectivity index (χ1) is 11.4. The van der Waals surface area contributed by atoms with Gasteiger partial charge in [0.2, 0.25) is 0 Å². The van der Waals surface area contributed by atoms with Crippen LogP contribution in [0, 0.1) is 0 Å². The molecule has 0 aliphatic carbocycles. The van der Waals surface area contributed by atoms with Gasteiger partial charge in [-0.3, -0.25) is 9.59 Å². The first-order valence-electron chi connectivity index (χ1n) is 6.64. The second-order valence-corrected chi connectivity index (χ2v) is 6.52. The Kier molecular flexibility index (Phi) is 4.74. The largest absolute Gasteiger partial charge is 0.350 e. The molecule has 0 fully saturated rings. The molecule has 0 saturated carbocycles. The van der Waals surface area contributed by atoms with E-state index in [-0.39, 0.29) is 21.4 Å². The summed E-state index contributed by atoms with van der Waals surface area (Å²) < 4.78 is 0. The summed E-state index contributed by atoms with van der Waals surface area (Å²) in [5.74, 6) is -1.32. The smallest absolute Gasteiger partial charge is 0.283 e. The molecule has 1 aliphatic heterocycles. The van der Waals surface area contributed by atoms with Crippen LogP contribution in [-0.4, -0.2) is 11.8 Å². The molecule has 0 aromatic heterocycles. The number of halogens is 4. The Labute approximate surface area is 157 Å². The number of anilines is 2. The predicted octanol–water partition coefficient (Wildman–Crippen LogP) is 5.08. The molecule has 0 atom stereocenters. The van der Waals surface area contributed by atoms with Gasteiger partial charge >= 0.3 is 0 Å². The molecule has 2 amide bonds. The van der Waals surface area contributed by atoms with Crippen LogP contribution in [0.5, 0.6) is 0 Å². The molecule has 0 unspecified atom stereocenters. The van der Waals surface area contributed by atoms with Gasteiger partial charge in [0, 0.05) is 15.7 Å². The molecule has 1 N–H and O–H groups in total. The lowest BCUT2D eigenvalue weighted by molar-refractivity contribution is -0.120. The van der Waals surface area contributed by atoms with Gasteiger partial charge in [0.25, 0.3) is 11.8 Å². The summed E-state index contributed by atoms with van der Waals surface area (Å²) in [4.78, 5) is 25.9. The van der Waals surface area contributed by atoms with Crippen LogP contribution in [-0.2, 0) is 9.59 Å². The van der Waals surface area contributed by atoms with E-state index in [0.717, 1.165) is 4.90 Å². The summed E-state index contributed by atoms with van der Waals surface area (Å²) in [7, 11) is 0. The third kappa shape index (κ3) is 3.10. The average Bonchev–Trinajstić information content (AvgIpc) is 2.74. The SMILES string of the molecule is O=C1C(Cl)=C(Nc2cccc(Cl)c2)C(=O)N1c1cc(Cl)ccc1Cl. The standard InChI is InChI=1S/C16H8Cl4N2O2/c17-8-2-1-3-10(6-8)21-14-13(20)15(23)22(16(14)24)12-7-9(18)4-5-11(12)19/h1-7,21H. The van der Waals surface area contributed by atoms with Crippen LogP contribution in [0.1, 0.15) is 0 Å². The first kappa shape index (κ1) is 17.1. The zero-order chi connectivity index (χ0) is 17.4. The maximum atomic E-state index is 12.6. The Hall–Kier alpha value is -1.72. The van der Waals surface area contributed by atoms with E-state index in [1.165, 1.54) is 12.1 Å². The van der Waals surface area contributed by atoms with E-state index < -0.39 is 11.8 Å². The van der Waals surface area contributed by atoms with Crippen LogP contribution >= 0.6 is 46.4 Å². The highest BCUT2D eigenvalue weighted by molar-refractivity contribution is 6.54. The molecule has 2 aromatic carbocycles. The van der Waals surface area contributed by atoms with E-state index in [2.05, 4.69) is 5.32 Å².